The summed E-state index contributed by atoms with van der Waals surface area (Å²) in [6.45, 7) is 5.32. The van der Waals surface area contributed by atoms with Crippen LogP contribution in [0.4, 0.5) is 10.1 Å². The molecular formula is C19H21FN2O2. The molecule has 0 aliphatic heterocycles. The van der Waals surface area contributed by atoms with Crippen LogP contribution in [0.1, 0.15) is 25.0 Å². The Kier molecular flexibility index (Phi) is 5.34. The second-order valence-corrected chi connectivity index (χ2v) is 6.23. The Hall–Kier alpha value is -2.69. The summed E-state index contributed by atoms with van der Waals surface area (Å²) in [7, 11) is 0. The predicted molar refractivity (Wildman–Crippen MR) is 91.8 cm³/mol. The van der Waals surface area contributed by atoms with Gasteiger partial charge in [0.25, 0.3) is 0 Å². The Morgan fingerprint density at radius 1 is 1.04 bits per heavy atom. The zero-order valence-corrected chi connectivity index (χ0v) is 14.0. The molecule has 0 fully saturated rings. The third-order valence-corrected chi connectivity index (χ3v) is 3.79. The van der Waals surface area contributed by atoms with Gasteiger partial charge >= 0.3 is 0 Å². The molecule has 0 bridgehead atoms. The van der Waals surface area contributed by atoms with E-state index >= 15 is 0 Å². The summed E-state index contributed by atoms with van der Waals surface area (Å²) >= 11 is 0. The zero-order chi connectivity index (χ0) is 17.7. The van der Waals surface area contributed by atoms with Crippen molar-refractivity contribution in [2.45, 2.75) is 27.3 Å². The number of carbonyl (C=O) groups excluding carboxylic acids is 2. The molecular weight excluding hydrogens is 307 g/mol. The van der Waals surface area contributed by atoms with Crippen LogP contribution in [0.25, 0.3) is 0 Å². The van der Waals surface area contributed by atoms with Gasteiger partial charge in [0.15, 0.2) is 0 Å². The summed E-state index contributed by atoms with van der Waals surface area (Å²) in [4.78, 5) is 24.7. The second-order valence-electron chi connectivity index (χ2n) is 6.23. The maximum atomic E-state index is 13.6. The molecule has 2 aromatic rings. The van der Waals surface area contributed by atoms with Crippen molar-refractivity contribution in [2.75, 3.05) is 5.32 Å². The SMILES string of the molecule is Cc1cccc(CNC(=O)C(C)(C)C(=O)Nc2ccccc2F)c1. The maximum Gasteiger partial charge on any atom is 0.239 e. The summed E-state index contributed by atoms with van der Waals surface area (Å²) in [6, 6.07) is 13.6. The van der Waals surface area contributed by atoms with Crippen molar-refractivity contribution in [3.63, 3.8) is 0 Å². The lowest BCUT2D eigenvalue weighted by Crippen LogP contribution is -2.45. The van der Waals surface area contributed by atoms with Gasteiger partial charge in [-0.2, -0.15) is 0 Å². The van der Waals surface area contributed by atoms with Crippen LogP contribution in [0.3, 0.4) is 0 Å². The molecule has 0 atom stereocenters. The average Bonchev–Trinajstić information content (AvgIpc) is 2.54. The predicted octanol–water partition coefficient (Wildman–Crippen LogP) is 3.42. The Bertz CT molecular complexity index is 757. The molecule has 0 unspecified atom stereocenters. The second kappa shape index (κ2) is 7.25. The smallest absolute Gasteiger partial charge is 0.239 e. The van der Waals surface area contributed by atoms with Crippen LogP contribution in [0.2, 0.25) is 0 Å². The van der Waals surface area contributed by atoms with Gasteiger partial charge in [0.1, 0.15) is 11.2 Å². The van der Waals surface area contributed by atoms with E-state index in [2.05, 4.69) is 10.6 Å². The number of nitrogens with one attached hydrogen (secondary N) is 2. The van der Waals surface area contributed by atoms with Crippen molar-refractivity contribution in [3.05, 3.63) is 65.5 Å². The van der Waals surface area contributed by atoms with Crippen LogP contribution < -0.4 is 10.6 Å². The lowest BCUT2D eigenvalue weighted by atomic mass is 9.90. The minimum absolute atomic E-state index is 0.0575. The van der Waals surface area contributed by atoms with Crippen LogP contribution >= 0.6 is 0 Å². The van der Waals surface area contributed by atoms with Gasteiger partial charge in [0.05, 0.1) is 5.69 Å². The van der Waals surface area contributed by atoms with Crippen molar-refractivity contribution in [1.82, 2.24) is 5.32 Å². The molecule has 0 heterocycles. The number of hydrogen-bond donors (Lipinski definition) is 2. The fourth-order valence-corrected chi connectivity index (χ4v) is 2.17. The van der Waals surface area contributed by atoms with Crippen molar-refractivity contribution in [3.8, 4) is 0 Å². The Balaban J connectivity index is 2.01. The zero-order valence-electron chi connectivity index (χ0n) is 14.0. The van der Waals surface area contributed by atoms with Crippen LogP contribution in [0.15, 0.2) is 48.5 Å². The van der Waals surface area contributed by atoms with Gasteiger partial charge in [0, 0.05) is 6.54 Å². The number of halogens is 1. The molecule has 2 aromatic carbocycles. The standard InChI is InChI=1S/C19H21FN2O2/c1-13-7-6-8-14(11-13)12-21-17(23)19(2,3)18(24)22-16-10-5-4-9-15(16)20/h4-11H,12H2,1-3H3,(H,21,23)(H,22,24). The van der Waals surface area contributed by atoms with E-state index < -0.39 is 23.0 Å². The fourth-order valence-electron chi connectivity index (χ4n) is 2.17. The number of hydrogen-bond acceptors (Lipinski definition) is 2. The van der Waals surface area contributed by atoms with Gasteiger partial charge in [-0.25, -0.2) is 4.39 Å². The van der Waals surface area contributed by atoms with Crippen LogP contribution in [0.5, 0.6) is 0 Å². The highest BCUT2D eigenvalue weighted by atomic mass is 19.1. The third kappa shape index (κ3) is 4.19. The largest absolute Gasteiger partial charge is 0.351 e. The topological polar surface area (TPSA) is 58.2 Å². The van der Waals surface area contributed by atoms with E-state index in [0.717, 1.165) is 11.1 Å². The molecule has 4 nitrogen and oxygen atoms in total. The van der Waals surface area contributed by atoms with Gasteiger partial charge in [-0.15, -0.1) is 0 Å². The summed E-state index contributed by atoms with van der Waals surface area (Å²) < 4.78 is 13.6. The van der Waals surface area contributed by atoms with Gasteiger partial charge in [-0.3, -0.25) is 9.59 Å². The maximum absolute atomic E-state index is 13.6. The van der Waals surface area contributed by atoms with Crippen LogP contribution in [-0.4, -0.2) is 11.8 Å². The van der Waals surface area contributed by atoms with E-state index in [1.54, 1.807) is 6.07 Å². The summed E-state index contributed by atoms with van der Waals surface area (Å²) in [5, 5.41) is 5.22. The fraction of sp³-hybridized carbons (Fsp3) is 0.263. The summed E-state index contributed by atoms with van der Waals surface area (Å²) in [5.41, 5.74) is 0.778. The monoisotopic (exact) mass is 328 g/mol. The number of carbonyl (C=O) groups is 2. The first-order valence-electron chi connectivity index (χ1n) is 7.70. The molecule has 0 aliphatic rings. The van der Waals surface area contributed by atoms with Crippen LogP contribution in [-0.2, 0) is 16.1 Å². The molecule has 126 valence electrons. The Morgan fingerprint density at radius 3 is 2.42 bits per heavy atom. The molecule has 2 N–H and O–H groups in total. The highest BCUT2D eigenvalue weighted by Crippen LogP contribution is 2.21. The quantitative estimate of drug-likeness (QED) is 0.826. The van der Waals surface area contributed by atoms with E-state index in [4.69, 9.17) is 0 Å². The molecule has 24 heavy (non-hydrogen) atoms. The molecule has 0 aromatic heterocycles. The minimum Gasteiger partial charge on any atom is -0.351 e. The highest BCUT2D eigenvalue weighted by Gasteiger charge is 2.36. The van der Waals surface area contributed by atoms with Crippen molar-refractivity contribution in [1.29, 1.82) is 0 Å². The number of benzene rings is 2. The van der Waals surface area contributed by atoms with E-state index in [1.807, 2.05) is 31.2 Å². The minimum atomic E-state index is -1.33. The van der Waals surface area contributed by atoms with Crippen LogP contribution in [0, 0.1) is 18.2 Å². The number of amides is 2. The molecule has 0 spiro atoms. The Labute approximate surface area is 141 Å². The average molecular weight is 328 g/mol. The third-order valence-electron chi connectivity index (χ3n) is 3.79. The van der Waals surface area contributed by atoms with Crippen molar-refractivity contribution >= 4 is 17.5 Å². The molecule has 2 rings (SSSR count). The lowest BCUT2D eigenvalue weighted by Gasteiger charge is -2.23. The van der Waals surface area contributed by atoms with Gasteiger partial charge in [-0.05, 0) is 38.5 Å². The molecule has 0 radical (unpaired) electrons. The van der Waals surface area contributed by atoms with Gasteiger partial charge in [0.2, 0.25) is 11.8 Å². The van der Waals surface area contributed by atoms with Crippen molar-refractivity contribution in [2.24, 2.45) is 5.41 Å². The Morgan fingerprint density at radius 2 is 1.75 bits per heavy atom. The number of para-hydroxylation sites is 1. The lowest BCUT2D eigenvalue weighted by molar-refractivity contribution is -0.138. The van der Waals surface area contributed by atoms with E-state index in [9.17, 15) is 14.0 Å². The van der Waals surface area contributed by atoms with E-state index in [-0.39, 0.29) is 5.69 Å². The summed E-state index contributed by atoms with van der Waals surface area (Å²) in [6.07, 6.45) is 0. The molecule has 0 aliphatic carbocycles. The highest BCUT2D eigenvalue weighted by molar-refractivity contribution is 6.09. The molecule has 2 amide bonds. The normalized spacial score (nSPS) is 11.0. The molecule has 5 heteroatoms. The van der Waals surface area contributed by atoms with Crippen molar-refractivity contribution < 1.29 is 14.0 Å². The molecule has 0 saturated carbocycles. The number of rotatable bonds is 5. The van der Waals surface area contributed by atoms with Gasteiger partial charge in [-0.1, -0.05) is 42.0 Å². The number of aryl methyl sites for hydroxylation is 1. The molecule has 0 saturated heterocycles. The summed E-state index contributed by atoms with van der Waals surface area (Å²) in [5.74, 6) is -1.52. The van der Waals surface area contributed by atoms with E-state index in [0.29, 0.717) is 6.54 Å². The van der Waals surface area contributed by atoms with E-state index in [1.165, 1.54) is 32.0 Å². The van der Waals surface area contributed by atoms with Gasteiger partial charge < -0.3 is 10.6 Å². The first kappa shape index (κ1) is 17.7. The number of anilines is 1. The first-order valence-corrected chi connectivity index (χ1v) is 7.70. The first-order chi connectivity index (χ1) is 11.3.